The Morgan fingerprint density at radius 1 is 0.889 bits per heavy atom. The first-order valence-corrected chi connectivity index (χ1v) is 10.7. The maximum absolute atomic E-state index is 12.2. The van der Waals surface area contributed by atoms with E-state index in [1.807, 2.05) is 4.90 Å². The van der Waals surface area contributed by atoms with Gasteiger partial charge in [-0.25, -0.2) is 9.59 Å². The zero-order valence-corrected chi connectivity index (χ0v) is 20.0. The number of hydrogen-bond donors (Lipinski definition) is 4. The maximum Gasteiger partial charge on any atom is 0.490 e. The van der Waals surface area contributed by atoms with Gasteiger partial charge in [0, 0.05) is 25.2 Å². The number of rotatable bonds is 5. The highest BCUT2D eigenvalue weighted by molar-refractivity contribution is 5.82. The molecule has 2 rings (SSSR count). The van der Waals surface area contributed by atoms with Crippen molar-refractivity contribution in [3.8, 4) is 0 Å². The highest BCUT2D eigenvalue weighted by Crippen LogP contribution is 2.14. The maximum atomic E-state index is 12.2. The molecule has 1 fully saturated rings. The number of nitrogens with one attached hydrogen (secondary N) is 1. The van der Waals surface area contributed by atoms with Crippen LogP contribution in [0.2, 0.25) is 0 Å². The fourth-order valence-corrected chi connectivity index (χ4v) is 2.67. The molecular formula is C22H31F6N3O5. The van der Waals surface area contributed by atoms with Gasteiger partial charge in [-0.2, -0.15) is 26.3 Å². The lowest BCUT2D eigenvalue weighted by molar-refractivity contribution is -0.193. The molecule has 0 saturated carbocycles. The summed E-state index contributed by atoms with van der Waals surface area (Å²) in [6.07, 6.45) is -7.34. The Morgan fingerprint density at radius 2 is 1.25 bits per heavy atom. The van der Waals surface area contributed by atoms with E-state index in [9.17, 15) is 31.1 Å². The molecule has 1 aromatic carbocycles. The number of hydrogen-bond acceptors (Lipinski definition) is 5. The molecule has 1 saturated heterocycles. The average Bonchev–Trinajstić information content (AvgIpc) is 3.26. The van der Waals surface area contributed by atoms with Crippen molar-refractivity contribution in [2.24, 2.45) is 5.73 Å². The zero-order valence-electron chi connectivity index (χ0n) is 20.0. The molecular weight excluding hydrogens is 500 g/mol. The summed E-state index contributed by atoms with van der Waals surface area (Å²) in [7, 11) is 0. The van der Waals surface area contributed by atoms with Crippen molar-refractivity contribution in [3.63, 3.8) is 0 Å². The molecule has 1 atom stereocenters. The standard InChI is InChI=1S/C18H29N3O.2C2HF3O2/c1-18(2,3)20-13-15-8-6-14(7-9-15)12-16(19)17(22)21-10-4-5-11-21;2*3-2(4,5)1(6)7/h6-9,16,20H,4-5,10-13,19H2,1-3H3;2*(H,6,7). The van der Waals surface area contributed by atoms with E-state index in [1.165, 1.54) is 5.56 Å². The van der Waals surface area contributed by atoms with Crippen LogP contribution in [0.15, 0.2) is 24.3 Å². The molecule has 1 aromatic rings. The van der Waals surface area contributed by atoms with E-state index >= 15 is 0 Å². The highest BCUT2D eigenvalue weighted by atomic mass is 19.4. The quantitative estimate of drug-likeness (QED) is 0.429. The zero-order chi connectivity index (χ0) is 28.3. The van der Waals surface area contributed by atoms with Gasteiger partial charge >= 0.3 is 24.3 Å². The van der Waals surface area contributed by atoms with E-state index in [4.69, 9.17) is 25.5 Å². The van der Waals surface area contributed by atoms with Crippen LogP contribution >= 0.6 is 0 Å². The van der Waals surface area contributed by atoms with E-state index in [2.05, 4.69) is 50.4 Å². The van der Waals surface area contributed by atoms with Crippen LogP contribution in [0, 0.1) is 0 Å². The van der Waals surface area contributed by atoms with Gasteiger partial charge in [0.05, 0.1) is 6.04 Å². The van der Waals surface area contributed by atoms with Crippen LogP contribution < -0.4 is 11.1 Å². The SMILES string of the molecule is CC(C)(C)NCc1ccc(CC(N)C(=O)N2CCCC2)cc1.O=C(O)C(F)(F)F.O=C(O)C(F)(F)F. The number of carbonyl (C=O) groups excluding carboxylic acids is 1. The molecule has 206 valence electrons. The van der Waals surface area contributed by atoms with Crippen molar-refractivity contribution in [2.45, 2.75) is 70.5 Å². The Kier molecular flexibility index (Phi) is 12.9. The number of carbonyl (C=O) groups is 3. The average molecular weight is 531 g/mol. The van der Waals surface area contributed by atoms with Gasteiger partial charge in [-0.1, -0.05) is 24.3 Å². The molecule has 14 heteroatoms. The number of alkyl halides is 6. The lowest BCUT2D eigenvalue weighted by Gasteiger charge is -2.21. The number of halogens is 6. The molecule has 1 aliphatic heterocycles. The molecule has 1 aliphatic rings. The smallest absolute Gasteiger partial charge is 0.475 e. The Balaban J connectivity index is 0.000000720. The van der Waals surface area contributed by atoms with E-state index < -0.39 is 30.3 Å². The third kappa shape index (κ3) is 14.5. The molecule has 0 aromatic heterocycles. The first kappa shape index (κ1) is 33.1. The molecule has 1 unspecified atom stereocenters. The van der Waals surface area contributed by atoms with Gasteiger partial charge in [0.2, 0.25) is 5.91 Å². The normalized spacial score (nSPS) is 14.7. The van der Waals surface area contributed by atoms with Gasteiger partial charge < -0.3 is 26.2 Å². The summed E-state index contributed by atoms with van der Waals surface area (Å²) >= 11 is 0. The van der Waals surface area contributed by atoms with Crippen LogP contribution in [-0.4, -0.2) is 70.0 Å². The molecule has 8 nitrogen and oxygen atoms in total. The summed E-state index contributed by atoms with van der Waals surface area (Å²) in [5.74, 6) is -5.42. The minimum absolute atomic E-state index is 0.0935. The van der Waals surface area contributed by atoms with Crippen LogP contribution in [0.5, 0.6) is 0 Å². The Bertz CT molecular complexity index is 822. The first-order valence-electron chi connectivity index (χ1n) is 10.7. The lowest BCUT2D eigenvalue weighted by Crippen LogP contribution is -2.43. The Morgan fingerprint density at radius 3 is 1.58 bits per heavy atom. The predicted molar refractivity (Wildman–Crippen MR) is 118 cm³/mol. The van der Waals surface area contributed by atoms with Crippen LogP contribution in [0.25, 0.3) is 0 Å². The van der Waals surface area contributed by atoms with Gasteiger partial charge in [0.1, 0.15) is 0 Å². The summed E-state index contributed by atoms with van der Waals surface area (Å²) in [5, 5.41) is 17.7. The highest BCUT2D eigenvalue weighted by Gasteiger charge is 2.38. The molecule has 36 heavy (non-hydrogen) atoms. The summed E-state index contributed by atoms with van der Waals surface area (Å²) in [4.78, 5) is 31.9. The van der Waals surface area contributed by atoms with Crippen molar-refractivity contribution in [2.75, 3.05) is 13.1 Å². The number of aliphatic carboxylic acids is 2. The largest absolute Gasteiger partial charge is 0.490 e. The monoisotopic (exact) mass is 531 g/mol. The molecule has 1 heterocycles. The minimum atomic E-state index is -5.08. The number of nitrogens with zero attached hydrogens (tertiary/aromatic N) is 1. The molecule has 1 amide bonds. The lowest BCUT2D eigenvalue weighted by atomic mass is 10.0. The summed E-state index contributed by atoms with van der Waals surface area (Å²) in [5.41, 5.74) is 8.57. The number of carboxylic acid groups (broad SMARTS) is 2. The Hall–Kier alpha value is -2.87. The van der Waals surface area contributed by atoms with Crippen molar-refractivity contribution in [1.82, 2.24) is 10.2 Å². The van der Waals surface area contributed by atoms with Gasteiger partial charge in [-0.05, 0) is 51.2 Å². The van der Waals surface area contributed by atoms with Gasteiger partial charge in [0.15, 0.2) is 0 Å². The predicted octanol–water partition coefficient (Wildman–Crippen LogP) is 3.33. The van der Waals surface area contributed by atoms with Gasteiger partial charge in [0.25, 0.3) is 0 Å². The summed E-state index contributed by atoms with van der Waals surface area (Å²) in [6.45, 7) is 9.05. The van der Waals surface area contributed by atoms with Crippen molar-refractivity contribution in [3.05, 3.63) is 35.4 Å². The van der Waals surface area contributed by atoms with Crippen LogP contribution in [0.1, 0.15) is 44.7 Å². The molecule has 0 bridgehead atoms. The second kappa shape index (κ2) is 14.0. The molecule has 5 N–H and O–H groups in total. The minimum Gasteiger partial charge on any atom is -0.475 e. The summed E-state index contributed by atoms with van der Waals surface area (Å²) in [6, 6.07) is 7.96. The molecule has 0 spiro atoms. The number of nitrogens with two attached hydrogens (primary N) is 1. The third-order valence-electron chi connectivity index (χ3n) is 4.52. The topological polar surface area (TPSA) is 133 Å². The third-order valence-corrected chi connectivity index (χ3v) is 4.52. The Labute approximate surface area is 204 Å². The van der Waals surface area contributed by atoms with Crippen LogP contribution in [0.3, 0.4) is 0 Å². The molecule has 0 radical (unpaired) electrons. The second-order valence-corrected chi connectivity index (χ2v) is 8.87. The van der Waals surface area contributed by atoms with Crippen LogP contribution in [0.4, 0.5) is 26.3 Å². The molecule has 0 aliphatic carbocycles. The number of likely N-dealkylation sites (tertiary alicyclic amines) is 1. The second-order valence-electron chi connectivity index (χ2n) is 8.87. The van der Waals surface area contributed by atoms with E-state index in [-0.39, 0.29) is 11.4 Å². The van der Waals surface area contributed by atoms with E-state index in [0.717, 1.165) is 38.0 Å². The van der Waals surface area contributed by atoms with Crippen molar-refractivity contribution in [1.29, 1.82) is 0 Å². The van der Waals surface area contributed by atoms with Crippen molar-refractivity contribution < 1.29 is 50.9 Å². The fraction of sp³-hybridized carbons (Fsp3) is 0.591. The van der Waals surface area contributed by atoms with Crippen LogP contribution in [-0.2, 0) is 27.3 Å². The van der Waals surface area contributed by atoms with E-state index in [1.54, 1.807) is 0 Å². The van der Waals surface area contributed by atoms with Crippen molar-refractivity contribution >= 4 is 17.8 Å². The van der Waals surface area contributed by atoms with E-state index in [0.29, 0.717) is 6.42 Å². The fourth-order valence-electron chi connectivity index (χ4n) is 2.67. The first-order chi connectivity index (χ1) is 16.2. The summed E-state index contributed by atoms with van der Waals surface area (Å²) < 4.78 is 63.5. The van der Waals surface area contributed by atoms with Gasteiger partial charge in [-0.3, -0.25) is 4.79 Å². The number of carboxylic acids is 2. The number of benzene rings is 1. The number of amides is 1. The van der Waals surface area contributed by atoms with Gasteiger partial charge in [-0.15, -0.1) is 0 Å².